The molecule has 0 aromatic rings. The van der Waals surface area contributed by atoms with Gasteiger partial charge in [-0.15, -0.1) is 0 Å². The maximum atomic E-state index is 8.95. The molecule has 1 aliphatic carbocycles. The Kier molecular flexibility index (Phi) is 4.70. The van der Waals surface area contributed by atoms with E-state index in [0.717, 1.165) is 12.8 Å². The van der Waals surface area contributed by atoms with E-state index in [1.807, 2.05) is 0 Å². The summed E-state index contributed by atoms with van der Waals surface area (Å²) in [6.45, 7) is 2.24. The summed E-state index contributed by atoms with van der Waals surface area (Å²) in [5, 5.41) is 17.9. The Hall–Kier alpha value is 0.892. The monoisotopic (exact) mass is 411 g/mol. The van der Waals surface area contributed by atoms with Gasteiger partial charge in [-0.3, -0.25) is 0 Å². The predicted octanol–water partition coefficient (Wildman–Crippen LogP) is -0.552. The molecule has 2 rings (SSSR count). The van der Waals surface area contributed by atoms with Gasteiger partial charge in [0, 0.05) is 37.2 Å². The van der Waals surface area contributed by atoms with Crippen LogP contribution in [0.1, 0.15) is 12.8 Å². The first-order valence-electron chi connectivity index (χ1n) is 4.24. The fraction of sp³-hybridized carbons (Fsp3) is 0.875. The van der Waals surface area contributed by atoms with Crippen LogP contribution in [0.4, 0.5) is 0 Å². The van der Waals surface area contributed by atoms with Crippen molar-refractivity contribution in [2.45, 2.75) is 37.3 Å². The molecule has 0 spiro atoms. The standard InChI is InChI=1S/C8H13O4.U/c9-6-7(10)8(6)12-4-5-2-1-3-11-5;/h3,5-10H,1-2,4H2;/q-1;/t5-,6?,7?,8?;/m0./s1. The van der Waals surface area contributed by atoms with Crippen LogP contribution in [0, 0.1) is 37.7 Å². The largest absolute Gasteiger partial charge is 0.548 e. The number of hydrogen-bond donors (Lipinski definition) is 2. The second kappa shape index (κ2) is 5.11. The van der Waals surface area contributed by atoms with E-state index < -0.39 is 12.2 Å². The molecule has 0 aromatic heterocycles. The van der Waals surface area contributed by atoms with Crippen LogP contribution in [-0.4, -0.2) is 41.2 Å². The first-order chi connectivity index (χ1) is 5.79. The van der Waals surface area contributed by atoms with Crippen LogP contribution in [0.3, 0.4) is 0 Å². The molecule has 4 nitrogen and oxygen atoms in total. The molecule has 2 fully saturated rings. The van der Waals surface area contributed by atoms with Gasteiger partial charge in [-0.25, -0.2) is 6.61 Å². The van der Waals surface area contributed by atoms with Crippen LogP contribution in [-0.2, 0) is 9.47 Å². The molecular weight excluding hydrogens is 398 g/mol. The summed E-state index contributed by atoms with van der Waals surface area (Å²) in [6.07, 6.45) is 0.299. The minimum absolute atomic E-state index is 0. The Labute approximate surface area is 101 Å². The molecule has 2 N–H and O–H groups in total. The van der Waals surface area contributed by atoms with Crippen molar-refractivity contribution in [1.82, 2.24) is 0 Å². The first-order valence-corrected chi connectivity index (χ1v) is 4.24. The molecule has 13 heavy (non-hydrogen) atoms. The summed E-state index contributed by atoms with van der Waals surface area (Å²) in [4.78, 5) is 0. The predicted molar refractivity (Wildman–Crippen MR) is 40.2 cm³/mol. The van der Waals surface area contributed by atoms with Crippen molar-refractivity contribution < 1.29 is 50.8 Å². The van der Waals surface area contributed by atoms with Gasteiger partial charge in [-0.1, -0.05) is 6.42 Å². The average molecular weight is 411 g/mol. The molecule has 5 heteroatoms. The average Bonchev–Trinajstić information content (AvgIpc) is 2.60. The topological polar surface area (TPSA) is 58.9 Å². The molecular formula is C8H13O4U-. The third-order valence-electron chi connectivity index (χ3n) is 2.25. The van der Waals surface area contributed by atoms with Crippen LogP contribution >= 0.6 is 0 Å². The van der Waals surface area contributed by atoms with Crippen LogP contribution in [0.5, 0.6) is 0 Å². The molecule has 0 amide bonds. The van der Waals surface area contributed by atoms with Crippen molar-refractivity contribution in [3.05, 3.63) is 6.61 Å². The number of rotatable bonds is 3. The van der Waals surface area contributed by atoms with E-state index in [2.05, 4.69) is 0 Å². The van der Waals surface area contributed by atoms with Crippen LogP contribution in [0.25, 0.3) is 0 Å². The van der Waals surface area contributed by atoms with Gasteiger partial charge in [-0.05, 0) is 0 Å². The van der Waals surface area contributed by atoms with E-state index in [1.165, 1.54) is 0 Å². The van der Waals surface area contributed by atoms with Crippen molar-refractivity contribution in [1.29, 1.82) is 0 Å². The molecule has 2 unspecified atom stereocenters. The Bertz CT molecular complexity index is 150. The Balaban J connectivity index is 0.000000845. The molecule has 1 aliphatic heterocycles. The zero-order chi connectivity index (χ0) is 8.55. The van der Waals surface area contributed by atoms with Gasteiger partial charge in [0.05, 0.1) is 6.61 Å². The van der Waals surface area contributed by atoms with E-state index in [-0.39, 0.29) is 43.3 Å². The summed E-state index contributed by atoms with van der Waals surface area (Å²) >= 11 is 0. The molecule has 1 heterocycles. The van der Waals surface area contributed by atoms with Crippen LogP contribution in [0.2, 0.25) is 0 Å². The zero-order valence-corrected chi connectivity index (χ0v) is 11.4. The van der Waals surface area contributed by atoms with Crippen LogP contribution in [0.15, 0.2) is 0 Å². The molecule has 1 saturated heterocycles. The molecule has 0 radical (unpaired) electrons. The van der Waals surface area contributed by atoms with Crippen molar-refractivity contribution in [2.75, 3.05) is 6.61 Å². The fourth-order valence-electron chi connectivity index (χ4n) is 1.32. The molecule has 74 valence electrons. The Morgan fingerprint density at radius 2 is 2.08 bits per heavy atom. The smallest absolute Gasteiger partial charge is 0.115 e. The Morgan fingerprint density at radius 3 is 2.54 bits per heavy atom. The normalized spacial score (nSPS) is 42.9. The van der Waals surface area contributed by atoms with Crippen LogP contribution < -0.4 is 0 Å². The fourth-order valence-corrected chi connectivity index (χ4v) is 1.32. The summed E-state index contributed by atoms with van der Waals surface area (Å²) in [6, 6.07) is 0. The summed E-state index contributed by atoms with van der Waals surface area (Å²) in [5.74, 6) is 0. The van der Waals surface area contributed by atoms with Crippen molar-refractivity contribution in [3.8, 4) is 0 Å². The third kappa shape index (κ3) is 2.92. The minimum Gasteiger partial charge on any atom is -0.548 e. The molecule has 2 aliphatic rings. The number of aliphatic hydroxyl groups excluding tert-OH is 2. The maximum Gasteiger partial charge on any atom is 0.115 e. The van der Waals surface area contributed by atoms with E-state index in [1.54, 1.807) is 6.61 Å². The molecule has 0 aromatic carbocycles. The maximum absolute atomic E-state index is 8.95. The third-order valence-corrected chi connectivity index (χ3v) is 2.25. The van der Waals surface area contributed by atoms with Crippen molar-refractivity contribution >= 4 is 0 Å². The zero-order valence-electron chi connectivity index (χ0n) is 7.22. The second-order valence-electron chi connectivity index (χ2n) is 3.28. The van der Waals surface area contributed by atoms with Crippen molar-refractivity contribution in [3.63, 3.8) is 0 Å². The summed E-state index contributed by atoms with van der Waals surface area (Å²) < 4.78 is 10.4. The molecule has 3 atom stereocenters. The van der Waals surface area contributed by atoms with Gasteiger partial charge in [0.2, 0.25) is 0 Å². The van der Waals surface area contributed by atoms with Gasteiger partial charge in [0.25, 0.3) is 0 Å². The van der Waals surface area contributed by atoms with E-state index >= 15 is 0 Å². The quantitative estimate of drug-likeness (QED) is 0.613. The summed E-state index contributed by atoms with van der Waals surface area (Å²) in [7, 11) is 0. The Morgan fingerprint density at radius 1 is 1.38 bits per heavy atom. The SMILES string of the molecule is OC1C(O)C1OC[C@@H]1CC[CH-]O1.[U]. The molecule has 1 saturated carbocycles. The number of ether oxygens (including phenoxy) is 2. The number of hydrogen-bond acceptors (Lipinski definition) is 4. The van der Waals surface area contributed by atoms with E-state index in [0.29, 0.717) is 6.61 Å². The first kappa shape index (κ1) is 12.0. The number of aliphatic hydroxyl groups is 2. The minimum atomic E-state index is -0.685. The van der Waals surface area contributed by atoms with Crippen molar-refractivity contribution in [2.24, 2.45) is 0 Å². The van der Waals surface area contributed by atoms with Gasteiger partial charge in [-0.2, -0.15) is 6.42 Å². The summed E-state index contributed by atoms with van der Waals surface area (Å²) in [5.41, 5.74) is 0. The van der Waals surface area contributed by atoms with Gasteiger partial charge < -0.3 is 19.7 Å². The second-order valence-corrected chi connectivity index (χ2v) is 3.28. The van der Waals surface area contributed by atoms with E-state index in [9.17, 15) is 0 Å². The molecule has 0 bridgehead atoms. The van der Waals surface area contributed by atoms with E-state index in [4.69, 9.17) is 19.7 Å². The van der Waals surface area contributed by atoms with Gasteiger partial charge in [0.15, 0.2) is 0 Å². The van der Waals surface area contributed by atoms with Gasteiger partial charge >= 0.3 is 0 Å². The van der Waals surface area contributed by atoms with Gasteiger partial charge in [0.1, 0.15) is 18.3 Å².